The minimum Gasteiger partial charge on any atom is -0.382 e. The van der Waals surface area contributed by atoms with Gasteiger partial charge in [0.15, 0.2) is 0 Å². The topological polar surface area (TPSA) is 85.5 Å². The van der Waals surface area contributed by atoms with Gasteiger partial charge in [0.25, 0.3) is 0 Å². The molecule has 2 rings (SSSR count). The first kappa shape index (κ1) is 15.5. The van der Waals surface area contributed by atoms with Crippen LogP contribution in [0.5, 0.6) is 0 Å². The second kappa shape index (κ2) is 5.85. The Balaban J connectivity index is 2.39. The summed E-state index contributed by atoms with van der Waals surface area (Å²) >= 11 is 5.86. The van der Waals surface area contributed by atoms with Crippen LogP contribution < -0.4 is 5.73 Å². The van der Waals surface area contributed by atoms with Gasteiger partial charge in [-0.3, -0.25) is 0 Å². The third-order valence-corrected chi connectivity index (χ3v) is 5.53. The van der Waals surface area contributed by atoms with E-state index in [-0.39, 0.29) is 27.9 Å². The molecule has 6 nitrogen and oxygen atoms in total. The summed E-state index contributed by atoms with van der Waals surface area (Å²) in [5.74, 6) is 0.119. The molecule has 1 fully saturated rings. The molecule has 112 valence electrons. The second-order valence-corrected chi connectivity index (χ2v) is 7.12. The zero-order valence-corrected chi connectivity index (χ0v) is 13.0. The van der Waals surface area contributed by atoms with E-state index in [1.165, 1.54) is 16.6 Å². The number of nitrogen functional groups attached to an aromatic ring is 1. The van der Waals surface area contributed by atoms with Gasteiger partial charge in [-0.1, -0.05) is 18.5 Å². The first-order valence-electron chi connectivity index (χ1n) is 6.40. The lowest BCUT2D eigenvalue weighted by atomic mass is 10.2. The molecule has 0 saturated carbocycles. The highest BCUT2D eigenvalue weighted by molar-refractivity contribution is 7.89. The fourth-order valence-electron chi connectivity index (χ4n) is 2.14. The zero-order valence-electron chi connectivity index (χ0n) is 11.4. The van der Waals surface area contributed by atoms with E-state index in [1.807, 2.05) is 13.8 Å². The summed E-state index contributed by atoms with van der Waals surface area (Å²) < 4.78 is 32.4. The van der Waals surface area contributed by atoms with E-state index >= 15 is 0 Å². The molecular weight excluding hydrogens is 302 g/mol. The lowest BCUT2D eigenvalue weighted by Gasteiger charge is -2.37. The molecule has 0 amide bonds. The Bertz CT molecular complexity index is 594. The van der Waals surface area contributed by atoms with Crippen LogP contribution in [0.4, 0.5) is 5.82 Å². The number of aromatic nitrogens is 1. The molecular formula is C12H18ClN3O3S. The molecule has 1 aromatic rings. The Hall–Kier alpha value is -0.890. The van der Waals surface area contributed by atoms with Crippen molar-refractivity contribution < 1.29 is 13.2 Å². The molecule has 1 aromatic heterocycles. The van der Waals surface area contributed by atoms with E-state index in [0.29, 0.717) is 19.6 Å². The van der Waals surface area contributed by atoms with Gasteiger partial charge in [-0.15, -0.1) is 0 Å². The first-order valence-corrected chi connectivity index (χ1v) is 8.22. The third kappa shape index (κ3) is 2.90. The molecule has 8 heteroatoms. The predicted molar refractivity (Wildman–Crippen MR) is 77.0 cm³/mol. The Morgan fingerprint density at radius 2 is 2.30 bits per heavy atom. The second-order valence-electron chi connectivity index (χ2n) is 4.82. The van der Waals surface area contributed by atoms with Gasteiger partial charge < -0.3 is 10.5 Å². The maximum Gasteiger partial charge on any atom is 0.245 e. The maximum atomic E-state index is 12.7. The maximum absolute atomic E-state index is 12.7. The van der Waals surface area contributed by atoms with Crippen molar-refractivity contribution in [2.24, 2.45) is 0 Å². The van der Waals surface area contributed by atoms with Gasteiger partial charge in [-0.2, -0.15) is 4.31 Å². The zero-order chi connectivity index (χ0) is 14.9. The molecule has 0 bridgehead atoms. The molecule has 2 N–H and O–H groups in total. The summed E-state index contributed by atoms with van der Waals surface area (Å²) in [6, 6.07) is 1.17. The van der Waals surface area contributed by atoms with Gasteiger partial charge >= 0.3 is 0 Å². The van der Waals surface area contributed by atoms with E-state index in [2.05, 4.69) is 4.98 Å². The average Bonchev–Trinajstić information content (AvgIpc) is 2.41. The van der Waals surface area contributed by atoms with E-state index in [0.717, 1.165) is 0 Å². The molecule has 0 aromatic carbocycles. The highest BCUT2D eigenvalue weighted by atomic mass is 35.5. The van der Waals surface area contributed by atoms with Crippen LogP contribution in [0.2, 0.25) is 5.02 Å². The van der Waals surface area contributed by atoms with Crippen LogP contribution in [-0.4, -0.2) is 43.0 Å². The highest BCUT2D eigenvalue weighted by Crippen LogP contribution is 2.26. The fraction of sp³-hybridized carbons (Fsp3) is 0.583. The van der Waals surface area contributed by atoms with Gasteiger partial charge in [0, 0.05) is 18.8 Å². The van der Waals surface area contributed by atoms with Gasteiger partial charge in [0.2, 0.25) is 10.0 Å². The van der Waals surface area contributed by atoms with Crippen LogP contribution in [0.1, 0.15) is 20.3 Å². The van der Waals surface area contributed by atoms with Crippen LogP contribution >= 0.6 is 11.6 Å². The first-order chi connectivity index (χ1) is 9.36. The normalized spacial score (nSPS) is 24.8. The smallest absolute Gasteiger partial charge is 0.245 e. The van der Waals surface area contributed by atoms with Crippen molar-refractivity contribution in [1.82, 2.24) is 9.29 Å². The number of halogens is 1. The van der Waals surface area contributed by atoms with E-state index < -0.39 is 10.0 Å². The summed E-state index contributed by atoms with van der Waals surface area (Å²) in [5, 5.41) is 0.139. The quantitative estimate of drug-likeness (QED) is 0.912. The van der Waals surface area contributed by atoms with Crippen LogP contribution in [0.3, 0.4) is 0 Å². The minimum atomic E-state index is -3.64. The predicted octanol–water partition coefficient (Wildman–Crippen LogP) is 1.51. The third-order valence-electron chi connectivity index (χ3n) is 3.34. The average molecular weight is 320 g/mol. The van der Waals surface area contributed by atoms with Gasteiger partial charge in [0.1, 0.15) is 10.7 Å². The molecule has 2 unspecified atom stereocenters. The van der Waals surface area contributed by atoms with Crippen molar-refractivity contribution in [2.75, 3.05) is 18.9 Å². The molecule has 1 aliphatic rings. The Kier molecular flexibility index (Phi) is 4.53. The summed E-state index contributed by atoms with van der Waals surface area (Å²) in [5.41, 5.74) is 5.51. The fourth-order valence-corrected chi connectivity index (χ4v) is 4.10. The van der Waals surface area contributed by atoms with E-state index in [4.69, 9.17) is 22.1 Å². The van der Waals surface area contributed by atoms with Gasteiger partial charge in [-0.25, -0.2) is 13.4 Å². The van der Waals surface area contributed by atoms with Crippen molar-refractivity contribution in [3.63, 3.8) is 0 Å². The van der Waals surface area contributed by atoms with Crippen LogP contribution in [0.25, 0.3) is 0 Å². The molecule has 2 heterocycles. The number of nitrogens with zero attached hydrogens (tertiary/aromatic N) is 2. The molecule has 0 spiro atoms. The highest BCUT2D eigenvalue weighted by Gasteiger charge is 2.35. The summed E-state index contributed by atoms with van der Waals surface area (Å²) in [6.45, 7) is 4.50. The standard InChI is InChI=1S/C12H18ClN3O3S/c1-3-9-7-19-8(2)6-16(9)20(17,18)10-4-11(13)12(14)15-5-10/h4-5,8-9H,3,6-7H2,1-2H3,(H2,14,15). The molecule has 1 aliphatic heterocycles. The largest absolute Gasteiger partial charge is 0.382 e. The molecule has 20 heavy (non-hydrogen) atoms. The number of nitrogens with two attached hydrogens (primary N) is 1. The summed E-state index contributed by atoms with van der Waals surface area (Å²) in [7, 11) is -3.64. The Morgan fingerprint density at radius 1 is 1.60 bits per heavy atom. The van der Waals surface area contributed by atoms with Crippen molar-refractivity contribution in [3.05, 3.63) is 17.3 Å². The number of hydrogen-bond donors (Lipinski definition) is 1. The molecule has 2 atom stereocenters. The van der Waals surface area contributed by atoms with Crippen LogP contribution in [0, 0.1) is 0 Å². The number of sulfonamides is 1. The molecule has 0 aliphatic carbocycles. The molecule has 1 saturated heterocycles. The van der Waals surface area contributed by atoms with Crippen molar-refractivity contribution >= 4 is 27.4 Å². The van der Waals surface area contributed by atoms with E-state index in [1.54, 1.807) is 0 Å². The number of ether oxygens (including phenoxy) is 1. The number of anilines is 1. The monoisotopic (exact) mass is 319 g/mol. The van der Waals surface area contributed by atoms with Crippen molar-refractivity contribution in [2.45, 2.75) is 37.3 Å². The van der Waals surface area contributed by atoms with E-state index in [9.17, 15) is 8.42 Å². The molecule has 0 radical (unpaired) electrons. The number of morpholine rings is 1. The van der Waals surface area contributed by atoms with Gasteiger partial charge in [-0.05, 0) is 19.4 Å². The van der Waals surface area contributed by atoms with Crippen molar-refractivity contribution in [3.8, 4) is 0 Å². The lowest BCUT2D eigenvalue weighted by molar-refractivity contribution is -0.0230. The van der Waals surface area contributed by atoms with Crippen molar-refractivity contribution in [1.29, 1.82) is 0 Å². The van der Waals surface area contributed by atoms with Gasteiger partial charge in [0.05, 0.1) is 17.7 Å². The lowest BCUT2D eigenvalue weighted by Crippen LogP contribution is -2.51. The number of rotatable bonds is 3. The number of hydrogen-bond acceptors (Lipinski definition) is 5. The Labute approximate surface area is 123 Å². The summed E-state index contributed by atoms with van der Waals surface area (Å²) in [6.07, 6.45) is 1.79. The van der Waals surface area contributed by atoms with Crippen LogP contribution in [0.15, 0.2) is 17.2 Å². The SMILES string of the molecule is CCC1COC(C)CN1S(=O)(=O)c1cnc(N)c(Cl)c1. The van der Waals surface area contributed by atoms with Crippen LogP contribution in [-0.2, 0) is 14.8 Å². The summed E-state index contributed by atoms with van der Waals surface area (Å²) in [4.78, 5) is 3.88. The minimum absolute atomic E-state index is 0.0595. The number of pyridine rings is 1. The Morgan fingerprint density at radius 3 is 2.90 bits per heavy atom.